The molecule has 7 heteroatoms. The van der Waals surface area contributed by atoms with Crippen LogP contribution in [0.25, 0.3) is 10.8 Å². The van der Waals surface area contributed by atoms with E-state index in [0.29, 0.717) is 51.2 Å². The van der Waals surface area contributed by atoms with Crippen LogP contribution in [-0.4, -0.2) is 65.8 Å². The van der Waals surface area contributed by atoms with Gasteiger partial charge in [-0.25, -0.2) is 0 Å². The van der Waals surface area contributed by atoms with Gasteiger partial charge in [0.05, 0.1) is 13.7 Å². The lowest BCUT2D eigenvalue weighted by atomic mass is 9.83. The van der Waals surface area contributed by atoms with Gasteiger partial charge in [-0.15, -0.1) is 0 Å². The third-order valence-corrected chi connectivity index (χ3v) is 8.40. The quantitative estimate of drug-likeness (QED) is 0.639. The Bertz CT molecular complexity index is 1140. The fourth-order valence-electron chi connectivity index (χ4n) is 6.40. The summed E-state index contributed by atoms with van der Waals surface area (Å²) >= 11 is 0. The van der Waals surface area contributed by atoms with E-state index in [-0.39, 0.29) is 24.3 Å². The molecule has 192 valence electrons. The molecule has 5 rings (SSSR count). The van der Waals surface area contributed by atoms with Crippen molar-refractivity contribution >= 4 is 28.5 Å². The Labute approximate surface area is 213 Å². The number of piperazine rings is 1. The summed E-state index contributed by atoms with van der Waals surface area (Å²) in [7, 11) is 1.67. The summed E-state index contributed by atoms with van der Waals surface area (Å²) in [5.74, 6) is 0.949. The number of hydrogen-bond acceptors (Lipinski definition) is 4. The van der Waals surface area contributed by atoms with Gasteiger partial charge < -0.3 is 19.9 Å². The van der Waals surface area contributed by atoms with Crippen LogP contribution in [0.1, 0.15) is 63.4 Å². The maximum absolute atomic E-state index is 13.2. The average Bonchev–Trinajstić information content (AvgIpc) is 3.28. The van der Waals surface area contributed by atoms with Gasteiger partial charge in [-0.2, -0.15) is 0 Å². The highest BCUT2D eigenvalue weighted by Crippen LogP contribution is 2.35. The minimum absolute atomic E-state index is 0.00626. The van der Waals surface area contributed by atoms with Crippen molar-refractivity contribution in [1.29, 1.82) is 0 Å². The number of ether oxygens (including phenoxy) is 1. The van der Waals surface area contributed by atoms with Crippen molar-refractivity contribution in [2.75, 3.05) is 26.7 Å². The highest BCUT2D eigenvalue weighted by atomic mass is 16.5. The number of hydrogen-bond donors (Lipinski definition) is 1. The van der Waals surface area contributed by atoms with Gasteiger partial charge in [-0.1, -0.05) is 49.6 Å². The standard InChI is InChI=1S/C29H37N3O4/c1-36-25-12-11-21(23-9-5-6-10-24(23)25)19-29(15-13-26(33)30-29)16-14-27(34)31-17-18-32(28(35)20-31)22-7-3-2-4-8-22/h5-6,9-12,22H,2-4,7-8,13-20H2,1H3,(H,30,33). The van der Waals surface area contributed by atoms with Gasteiger partial charge in [0.15, 0.2) is 0 Å². The van der Waals surface area contributed by atoms with E-state index in [2.05, 4.69) is 17.4 Å². The van der Waals surface area contributed by atoms with Crippen molar-refractivity contribution in [3.8, 4) is 5.75 Å². The van der Waals surface area contributed by atoms with Crippen LogP contribution in [0.15, 0.2) is 36.4 Å². The topological polar surface area (TPSA) is 79.0 Å². The summed E-state index contributed by atoms with van der Waals surface area (Å²) in [5, 5.41) is 5.36. The van der Waals surface area contributed by atoms with Crippen molar-refractivity contribution in [3.05, 3.63) is 42.0 Å². The molecular formula is C29H37N3O4. The summed E-state index contributed by atoms with van der Waals surface area (Å²) in [6.45, 7) is 1.41. The van der Waals surface area contributed by atoms with Crippen LogP contribution in [0.3, 0.4) is 0 Å². The Kier molecular flexibility index (Phi) is 7.17. The molecule has 1 unspecified atom stereocenters. The second kappa shape index (κ2) is 10.5. The van der Waals surface area contributed by atoms with Gasteiger partial charge in [0, 0.05) is 42.9 Å². The van der Waals surface area contributed by atoms with E-state index < -0.39 is 5.54 Å². The van der Waals surface area contributed by atoms with E-state index in [1.165, 1.54) is 19.3 Å². The lowest BCUT2D eigenvalue weighted by molar-refractivity contribution is -0.147. The maximum Gasteiger partial charge on any atom is 0.242 e. The largest absolute Gasteiger partial charge is 0.496 e. The molecule has 2 aliphatic heterocycles. The van der Waals surface area contributed by atoms with Gasteiger partial charge >= 0.3 is 0 Å². The summed E-state index contributed by atoms with van der Waals surface area (Å²) in [5.41, 5.74) is 0.676. The highest BCUT2D eigenvalue weighted by Gasteiger charge is 2.39. The molecule has 1 atom stereocenters. The molecule has 7 nitrogen and oxygen atoms in total. The third kappa shape index (κ3) is 5.06. The number of methoxy groups -OCH3 is 1. The van der Waals surface area contributed by atoms with Crippen LogP contribution < -0.4 is 10.1 Å². The Hall–Kier alpha value is -3.09. The molecule has 3 aliphatic rings. The first kappa shape index (κ1) is 24.6. The van der Waals surface area contributed by atoms with Gasteiger partial charge in [-0.05, 0) is 49.1 Å². The smallest absolute Gasteiger partial charge is 0.242 e. The van der Waals surface area contributed by atoms with Crippen LogP contribution in [0.2, 0.25) is 0 Å². The SMILES string of the molecule is COc1ccc(CC2(CCC(=O)N3CCN(C4CCCCC4)C(=O)C3)CCC(=O)N2)c2ccccc12. The normalized spacial score (nSPS) is 23.2. The molecule has 1 aliphatic carbocycles. The first-order valence-corrected chi connectivity index (χ1v) is 13.4. The van der Waals surface area contributed by atoms with Crippen molar-refractivity contribution in [2.45, 2.75) is 75.8 Å². The van der Waals surface area contributed by atoms with Gasteiger partial charge in [0.2, 0.25) is 17.7 Å². The van der Waals surface area contributed by atoms with Crippen LogP contribution in [0.5, 0.6) is 5.75 Å². The second-order valence-corrected chi connectivity index (χ2v) is 10.7. The third-order valence-electron chi connectivity index (χ3n) is 8.40. The number of benzene rings is 2. The number of carbonyl (C=O) groups excluding carboxylic acids is 3. The van der Waals surface area contributed by atoms with Crippen LogP contribution in [0, 0.1) is 0 Å². The molecule has 0 spiro atoms. The monoisotopic (exact) mass is 491 g/mol. The fraction of sp³-hybridized carbons (Fsp3) is 0.552. The molecule has 0 bridgehead atoms. The molecule has 0 aromatic heterocycles. The predicted octanol–water partition coefficient (Wildman–Crippen LogP) is 3.82. The van der Waals surface area contributed by atoms with Crippen LogP contribution in [0.4, 0.5) is 0 Å². The molecular weight excluding hydrogens is 454 g/mol. The molecule has 3 amide bonds. The zero-order chi connectivity index (χ0) is 25.1. The molecule has 2 heterocycles. The van der Waals surface area contributed by atoms with E-state index in [0.717, 1.165) is 34.9 Å². The molecule has 1 saturated carbocycles. The molecule has 2 aromatic carbocycles. The molecule has 2 saturated heterocycles. The summed E-state index contributed by atoms with van der Waals surface area (Å²) < 4.78 is 5.54. The Morgan fingerprint density at radius 2 is 1.83 bits per heavy atom. The number of amides is 3. The Morgan fingerprint density at radius 1 is 1.06 bits per heavy atom. The van der Waals surface area contributed by atoms with E-state index in [9.17, 15) is 14.4 Å². The van der Waals surface area contributed by atoms with Gasteiger partial charge in [-0.3, -0.25) is 14.4 Å². The number of carbonyl (C=O) groups is 3. The first-order valence-electron chi connectivity index (χ1n) is 13.4. The fourth-order valence-corrected chi connectivity index (χ4v) is 6.40. The van der Waals surface area contributed by atoms with Crippen molar-refractivity contribution in [3.63, 3.8) is 0 Å². The summed E-state index contributed by atoms with van der Waals surface area (Å²) in [4.78, 5) is 42.1. The number of nitrogens with zero attached hydrogens (tertiary/aromatic N) is 2. The summed E-state index contributed by atoms with van der Waals surface area (Å²) in [6.07, 6.45) is 8.53. The average molecular weight is 492 g/mol. The number of nitrogens with one attached hydrogen (secondary N) is 1. The minimum Gasteiger partial charge on any atom is -0.496 e. The Morgan fingerprint density at radius 3 is 2.53 bits per heavy atom. The maximum atomic E-state index is 13.2. The van der Waals surface area contributed by atoms with E-state index >= 15 is 0 Å². The van der Waals surface area contributed by atoms with Crippen molar-refractivity contribution in [1.82, 2.24) is 15.1 Å². The zero-order valence-electron chi connectivity index (χ0n) is 21.3. The lowest BCUT2D eigenvalue weighted by Crippen LogP contribution is -2.56. The highest BCUT2D eigenvalue weighted by molar-refractivity contribution is 5.91. The number of fused-ring (bicyclic) bond motifs is 1. The molecule has 1 N–H and O–H groups in total. The Balaban J connectivity index is 1.26. The van der Waals surface area contributed by atoms with E-state index in [4.69, 9.17) is 4.74 Å². The zero-order valence-corrected chi connectivity index (χ0v) is 21.3. The molecule has 36 heavy (non-hydrogen) atoms. The van der Waals surface area contributed by atoms with Crippen molar-refractivity contribution in [2.24, 2.45) is 0 Å². The van der Waals surface area contributed by atoms with Gasteiger partial charge in [0.1, 0.15) is 5.75 Å². The predicted molar refractivity (Wildman–Crippen MR) is 139 cm³/mol. The lowest BCUT2D eigenvalue weighted by Gasteiger charge is -2.41. The van der Waals surface area contributed by atoms with Crippen LogP contribution in [-0.2, 0) is 20.8 Å². The molecule has 2 aromatic rings. The molecule has 3 fully saturated rings. The minimum atomic E-state index is -0.460. The first-order chi connectivity index (χ1) is 17.5. The summed E-state index contributed by atoms with van der Waals surface area (Å²) in [6, 6.07) is 12.5. The van der Waals surface area contributed by atoms with E-state index in [1.54, 1.807) is 12.0 Å². The van der Waals surface area contributed by atoms with E-state index in [1.807, 2.05) is 29.2 Å². The molecule has 0 radical (unpaired) electrons. The number of rotatable bonds is 7. The van der Waals surface area contributed by atoms with Crippen molar-refractivity contribution < 1.29 is 19.1 Å². The van der Waals surface area contributed by atoms with Crippen LogP contribution >= 0.6 is 0 Å². The van der Waals surface area contributed by atoms with Gasteiger partial charge in [0.25, 0.3) is 0 Å². The second-order valence-electron chi connectivity index (χ2n) is 10.7.